The van der Waals surface area contributed by atoms with Gasteiger partial charge in [-0.25, -0.2) is 9.59 Å². The number of hydrogen-bond donors (Lipinski definition) is 0. The number of non-ortho nitro benzene ring substituents is 2. The summed E-state index contributed by atoms with van der Waals surface area (Å²) < 4.78 is 10.1. The molecule has 0 amide bonds. The van der Waals surface area contributed by atoms with E-state index in [0.29, 0.717) is 24.0 Å². The van der Waals surface area contributed by atoms with Crippen LogP contribution in [0.2, 0.25) is 0 Å². The molecule has 0 saturated heterocycles. The highest BCUT2D eigenvalue weighted by Crippen LogP contribution is 2.14. The molecule has 166 valence electrons. The predicted octanol–water partition coefficient (Wildman–Crippen LogP) is 4.10. The van der Waals surface area contributed by atoms with Gasteiger partial charge in [-0.15, -0.1) is 0 Å². The van der Waals surface area contributed by atoms with Gasteiger partial charge in [0, 0.05) is 36.4 Å². The van der Waals surface area contributed by atoms with Crippen molar-refractivity contribution >= 4 is 35.5 Å². The van der Waals surface area contributed by atoms with Gasteiger partial charge in [-0.2, -0.15) is 0 Å². The van der Waals surface area contributed by atoms with E-state index in [0.717, 1.165) is 0 Å². The molecule has 2 aromatic rings. The molecule has 0 fully saturated rings. The van der Waals surface area contributed by atoms with Crippen LogP contribution in [-0.2, 0) is 19.1 Å². The van der Waals surface area contributed by atoms with Crippen molar-refractivity contribution in [2.24, 2.45) is 0 Å². The fourth-order valence-electron chi connectivity index (χ4n) is 2.39. The van der Waals surface area contributed by atoms with Crippen molar-refractivity contribution in [2.75, 3.05) is 13.2 Å². The van der Waals surface area contributed by atoms with Gasteiger partial charge in [-0.05, 0) is 60.4 Å². The topological polar surface area (TPSA) is 139 Å². The van der Waals surface area contributed by atoms with Gasteiger partial charge in [0.25, 0.3) is 11.4 Å². The highest BCUT2D eigenvalue weighted by molar-refractivity contribution is 5.87. The second kappa shape index (κ2) is 12.4. The number of ether oxygens (including phenoxy) is 2. The molecule has 0 saturated carbocycles. The number of nitro benzene ring substituents is 2. The summed E-state index contributed by atoms with van der Waals surface area (Å²) in [6, 6.07) is 11.4. The standard InChI is InChI=1S/C22H20N2O8/c25-21(13-7-17-3-9-19(10-4-17)23(27)28)31-15-1-2-16-32-22(26)14-8-18-5-11-20(12-6-18)24(29)30/h3-14H,1-2,15-16H2. The Kier molecular flexibility index (Phi) is 9.26. The van der Waals surface area contributed by atoms with Gasteiger partial charge in [0.05, 0.1) is 23.1 Å². The Morgan fingerprint density at radius 2 is 1.03 bits per heavy atom. The summed E-state index contributed by atoms with van der Waals surface area (Å²) in [4.78, 5) is 43.5. The molecule has 0 aliphatic heterocycles. The number of esters is 2. The molecule has 2 aromatic carbocycles. The fraction of sp³-hybridized carbons (Fsp3) is 0.182. The Hall–Kier alpha value is -4.34. The van der Waals surface area contributed by atoms with Crippen molar-refractivity contribution in [1.29, 1.82) is 0 Å². The lowest BCUT2D eigenvalue weighted by atomic mass is 10.2. The maximum absolute atomic E-state index is 11.7. The van der Waals surface area contributed by atoms with Crippen molar-refractivity contribution in [3.63, 3.8) is 0 Å². The number of nitro groups is 2. The zero-order chi connectivity index (χ0) is 23.3. The monoisotopic (exact) mass is 440 g/mol. The predicted molar refractivity (Wildman–Crippen MR) is 115 cm³/mol. The second-order valence-corrected chi connectivity index (χ2v) is 6.41. The Balaban J connectivity index is 1.60. The molecule has 0 heterocycles. The van der Waals surface area contributed by atoms with Crippen LogP contribution in [0, 0.1) is 20.2 Å². The lowest BCUT2D eigenvalue weighted by Crippen LogP contribution is -2.06. The minimum absolute atomic E-state index is 0.0349. The Morgan fingerprint density at radius 1 is 0.688 bits per heavy atom. The summed E-state index contributed by atoms with van der Waals surface area (Å²) in [5.74, 6) is -1.10. The average Bonchev–Trinajstić information content (AvgIpc) is 2.79. The highest BCUT2D eigenvalue weighted by atomic mass is 16.6. The van der Waals surface area contributed by atoms with Gasteiger partial charge < -0.3 is 9.47 Å². The van der Waals surface area contributed by atoms with Gasteiger partial charge in [-0.1, -0.05) is 0 Å². The minimum Gasteiger partial charge on any atom is -0.463 e. The average molecular weight is 440 g/mol. The number of unbranched alkanes of at least 4 members (excludes halogenated alkanes) is 1. The molecule has 0 aromatic heterocycles. The van der Waals surface area contributed by atoms with Crippen molar-refractivity contribution in [2.45, 2.75) is 12.8 Å². The quantitative estimate of drug-likeness (QED) is 0.167. The first-order chi connectivity index (χ1) is 15.3. The van der Waals surface area contributed by atoms with Gasteiger partial charge in [-0.3, -0.25) is 20.2 Å². The lowest BCUT2D eigenvalue weighted by molar-refractivity contribution is -0.385. The maximum Gasteiger partial charge on any atom is 0.330 e. The first kappa shape index (κ1) is 23.9. The Labute approximate surface area is 183 Å². The molecule has 32 heavy (non-hydrogen) atoms. The Morgan fingerprint density at radius 3 is 1.34 bits per heavy atom. The lowest BCUT2D eigenvalue weighted by Gasteiger charge is -2.03. The van der Waals surface area contributed by atoms with Crippen molar-refractivity contribution in [3.05, 3.63) is 92.0 Å². The van der Waals surface area contributed by atoms with E-state index >= 15 is 0 Å². The van der Waals surface area contributed by atoms with E-state index in [1.165, 1.54) is 72.8 Å². The zero-order valence-corrected chi connectivity index (χ0v) is 16.9. The number of carbonyl (C=O) groups excluding carboxylic acids is 2. The third-order valence-corrected chi connectivity index (χ3v) is 4.06. The fourth-order valence-corrected chi connectivity index (χ4v) is 2.39. The molecule has 0 atom stereocenters. The molecule has 10 heteroatoms. The van der Waals surface area contributed by atoms with Gasteiger partial charge in [0.15, 0.2) is 0 Å². The minimum atomic E-state index is -0.550. The number of benzene rings is 2. The van der Waals surface area contributed by atoms with Crippen LogP contribution < -0.4 is 0 Å². The van der Waals surface area contributed by atoms with E-state index in [9.17, 15) is 29.8 Å². The van der Waals surface area contributed by atoms with Crippen LogP contribution in [0.3, 0.4) is 0 Å². The van der Waals surface area contributed by atoms with Crippen LogP contribution in [0.15, 0.2) is 60.7 Å². The number of carbonyl (C=O) groups is 2. The first-order valence-corrected chi connectivity index (χ1v) is 9.54. The smallest absolute Gasteiger partial charge is 0.330 e. The summed E-state index contributed by atoms with van der Waals surface area (Å²) in [7, 11) is 0. The summed E-state index contributed by atoms with van der Waals surface area (Å²) in [5, 5.41) is 21.2. The molecule has 10 nitrogen and oxygen atoms in total. The van der Waals surface area contributed by atoms with Crippen LogP contribution in [0.1, 0.15) is 24.0 Å². The van der Waals surface area contributed by atoms with Gasteiger partial charge in [0.2, 0.25) is 0 Å². The molecule has 0 bridgehead atoms. The van der Waals surface area contributed by atoms with Gasteiger partial charge in [0.1, 0.15) is 0 Å². The SMILES string of the molecule is O=C(C=Cc1ccc([N+](=O)[O-])cc1)OCCCCOC(=O)C=Cc1ccc([N+](=O)[O-])cc1. The van der Waals surface area contributed by atoms with Crippen molar-refractivity contribution in [1.82, 2.24) is 0 Å². The normalized spacial score (nSPS) is 10.9. The molecule has 0 aliphatic rings. The first-order valence-electron chi connectivity index (χ1n) is 9.54. The molecular weight excluding hydrogens is 420 g/mol. The highest BCUT2D eigenvalue weighted by Gasteiger charge is 2.04. The van der Waals surface area contributed by atoms with Crippen LogP contribution in [0.4, 0.5) is 11.4 Å². The Bertz CT molecular complexity index is 928. The van der Waals surface area contributed by atoms with Crippen molar-refractivity contribution in [3.8, 4) is 0 Å². The molecule has 0 aliphatic carbocycles. The number of rotatable bonds is 11. The maximum atomic E-state index is 11.7. The van der Waals surface area contributed by atoms with E-state index in [1.807, 2.05) is 0 Å². The molecular formula is C22H20N2O8. The second-order valence-electron chi connectivity index (χ2n) is 6.41. The van der Waals surface area contributed by atoms with Crippen molar-refractivity contribution < 1.29 is 28.9 Å². The van der Waals surface area contributed by atoms with Crippen LogP contribution >= 0.6 is 0 Å². The number of nitrogens with zero attached hydrogens (tertiary/aromatic N) is 2. The van der Waals surface area contributed by atoms with Gasteiger partial charge >= 0.3 is 11.9 Å². The number of hydrogen-bond acceptors (Lipinski definition) is 8. The summed E-state index contributed by atoms with van der Waals surface area (Å²) in [5.41, 5.74) is 1.18. The van der Waals surface area contributed by atoms with E-state index in [-0.39, 0.29) is 24.6 Å². The third kappa shape index (κ3) is 8.57. The molecule has 0 radical (unpaired) electrons. The molecule has 0 N–H and O–H groups in total. The van der Waals surface area contributed by atoms with Crippen LogP contribution in [0.5, 0.6) is 0 Å². The summed E-state index contributed by atoms with van der Waals surface area (Å²) in [6.07, 6.45) is 6.43. The molecule has 0 unspecified atom stereocenters. The third-order valence-electron chi connectivity index (χ3n) is 4.06. The molecule has 0 spiro atoms. The van der Waals surface area contributed by atoms with E-state index < -0.39 is 21.8 Å². The van der Waals surface area contributed by atoms with E-state index in [4.69, 9.17) is 9.47 Å². The zero-order valence-electron chi connectivity index (χ0n) is 16.9. The summed E-state index contributed by atoms with van der Waals surface area (Å²) >= 11 is 0. The van der Waals surface area contributed by atoms with E-state index in [1.54, 1.807) is 0 Å². The largest absolute Gasteiger partial charge is 0.463 e. The van der Waals surface area contributed by atoms with Crippen LogP contribution in [0.25, 0.3) is 12.2 Å². The molecule has 2 rings (SSSR count). The van der Waals surface area contributed by atoms with E-state index in [2.05, 4.69) is 0 Å². The van der Waals surface area contributed by atoms with Crippen LogP contribution in [-0.4, -0.2) is 35.0 Å². The summed E-state index contributed by atoms with van der Waals surface area (Å²) in [6.45, 7) is 0.305.